The monoisotopic (exact) mass is 456 g/mol. The minimum Gasteiger partial charge on any atom is -0.454 e. The molecule has 1 nitrogen and oxygen atoms in total. The van der Waals surface area contributed by atoms with Crippen molar-refractivity contribution in [1.29, 1.82) is 0 Å². The van der Waals surface area contributed by atoms with E-state index < -0.39 is 0 Å². The average Bonchev–Trinajstić information content (AvgIpc) is 3.19. The second-order valence-electron chi connectivity index (χ2n) is 9.79. The Morgan fingerprint density at radius 2 is 1.03 bits per heavy atom. The molecule has 3 aliphatic rings. The van der Waals surface area contributed by atoms with Crippen molar-refractivity contribution < 1.29 is 4.74 Å². The molecule has 2 fully saturated rings. The van der Waals surface area contributed by atoms with Crippen LogP contribution in [-0.2, 0) is 0 Å². The van der Waals surface area contributed by atoms with Crippen molar-refractivity contribution in [3.63, 3.8) is 0 Å². The Morgan fingerprint density at radius 3 is 1.40 bits per heavy atom. The van der Waals surface area contributed by atoms with Crippen LogP contribution in [0.2, 0.25) is 0 Å². The molecule has 3 heterocycles. The van der Waals surface area contributed by atoms with E-state index in [4.69, 9.17) is 4.74 Å². The van der Waals surface area contributed by atoms with Crippen LogP contribution in [0.1, 0.15) is 64.5 Å². The molecule has 30 heavy (non-hydrogen) atoms. The number of hydrogen-bond acceptors (Lipinski definition) is 2. The van der Waals surface area contributed by atoms with Gasteiger partial charge in [-0.25, -0.2) is 0 Å². The fourth-order valence-corrected chi connectivity index (χ4v) is 14.0. The minimum absolute atomic E-state index is 0.160. The topological polar surface area (TPSA) is 9.23 Å². The van der Waals surface area contributed by atoms with E-state index in [1.807, 2.05) is 11.8 Å². The van der Waals surface area contributed by atoms with Crippen LogP contribution in [0.4, 0.5) is 0 Å². The van der Waals surface area contributed by atoms with Crippen molar-refractivity contribution in [3.8, 4) is 11.5 Å². The van der Waals surface area contributed by atoms with Crippen molar-refractivity contribution in [2.24, 2.45) is 0 Å². The molecule has 0 radical (unpaired) electrons. The van der Waals surface area contributed by atoms with Crippen LogP contribution >= 0.6 is 27.6 Å². The molecule has 2 aromatic carbocycles. The lowest BCUT2D eigenvalue weighted by molar-refractivity contribution is 0.462. The fraction of sp³-hybridized carbons (Fsp3) is 0.538. The number of aryl methyl sites for hydroxylation is 2. The van der Waals surface area contributed by atoms with Gasteiger partial charge in [-0.05, 0) is 97.6 Å². The lowest BCUT2D eigenvalue weighted by Gasteiger charge is -2.32. The van der Waals surface area contributed by atoms with Gasteiger partial charge in [-0.15, -0.1) is 0 Å². The molecule has 0 saturated carbocycles. The minimum atomic E-state index is -0.160. The van der Waals surface area contributed by atoms with E-state index in [0.29, 0.717) is 0 Å². The molecule has 5 rings (SSSR count). The smallest absolute Gasteiger partial charge is 0.149 e. The number of fused-ring (bicyclic) bond motifs is 2. The third-order valence-corrected chi connectivity index (χ3v) is 14.9. The normalized spacial score (nSPS) is 29.0. The zero-order valence-corrected chi connectivity index (χ0v) is 21.8. The summed E-state index contributed by atoms with van der Waals surface area (Å²) in [6.07, 6.45) is 5.46. The first-order valence-corrected chi connectivity index (χ1v) is 15.3. The molecule has 0 unspecified atom stereocenters. The van der Waals surface area contributed by atoms with Crippen molar-refractivity contribution in [2.45, 2.75) is 99.7 Å². The summed E-state index contributed by atoms with van der Waals surface area (Å²) in [7, 11) is -0.319. The lowest BCUT2D eigenvalue weighted by Crippen LogP contribution is -2.20. The molecule has 3 aliphatic heterocycles. The Morgan fingerprint density at radius 1 is 0.667 bits per heavy atom. The first-order chi connectivity index (χ1) is 14.3. The third-order valence-electron chi connectivity index (χ3n) is 7.24. The standard InChI is InChI=1S/C26H34OP2S/c1-15-11-21(28-17(3)7-8-18(28)4)25-23(13-15)30-24-14-16(2)12-22(26(24)27-25)29-19(5)9-10-20(29)6/h11-14,17-20H,7-10H2,1-6H3/t17-,18-,19-,20-/m1/s1. The van der Waals surface area contributed by atoms with Crippen LogP contribution in [-0.4, -0.2) is 22.6 Å². The molecule has 4 atom stereocenters. The van der Waals surface area contributed by atoms with Gasteiger partial charge in [0.05, 0.1) is 9.79 Å². The van der Waals surface area contributed by atoms with Gasteiger partial charge in [-0.2, -0.15) is 0 Å². The summed E-state index contributed by atoms with van der Waals surface area (Å²) in [4.78, 5) is 2.67. The Labute approximate surface area is 189 Å². The largest absolute Gasteiger partial charge is 0.454 e. The van der Waals surface area contributed by atoms with Gasteiger partial charge in [-0.3, -0.25) is 0 Å². The summed E-state index contributed by atoms with van der Waals surface area (Å²) in [5.41, 5.74) is 5.96. The van der Waals surface area contributed by atoms with E-state index in [9.17, 15) is 0 Å². The van der Waals surface area contributed by atoms with E-state index in [-0.39, 0.29) is 15.8 Å². The van der Waals surface area contributed by atoms with Crippen molar-refractivity contribution in [3.05, 3.63) is 35.4 Å². The zero-order valence-electron chi connectivity index (χ0n) is 19.2. The van der Waals surface area contributed by atoms with E-state index >= 15 is 0 Å². The lowest BCUT2D eigenvalue weighted by atomic mass is 10.2. The first kappa shape index (κ1) is 21.3. The maximum absolute atomic E-state index is 6.98. The van der Waals surface area contributed by atoms with Crippen LogP contribution in [0, 0.1) is 13.8 Å². The average molecular weight is 457 g/mol. The van der Waals surface area contributed by atoms with Crippen LogP contribution < -0.4 is 15.3 Å². The van der Waals surface area contributed by atoms with Gasteiger partial charge in [0.15, 0.2) is 0 Å². The van der Waals surface area contributed by atoms with E-state index in [0.717, 1.165) is 22.6 Å². The third kappa shape index (κ3) is 3.56. The fourth-order valence-electron chi connectivity index (χ4n) is 5.74. The molecule has 0 aliphatic carbocycles. The number of benzene rings is 2. The highest BCUT2D eigenvalue weighted by molar-refractivity contribution is 7.99. The SMILES string of the molecule is Cc1cc2c(c(P3[C@H](C)CC[C@H]3C)c1)Oc1c(cc(C)cc1P1[C@H](C)CC[C@H]1C)S2. The predicted octanol–water partition coefficient (Wildman–Crippen LogP) is 7.92. The zero-order chi connectivity index (χ0) is 21.2. The Hall–Kier alpha value is -0.550. The second-order valence-corrected chi connectivity index (χ2v) is 17.0. The molecule has 2 aromatic rings. The summed E-state index contributed by atoms with van der Waals surface area (Å²) in [6.45, 7) is 14.4. The molecular weight excluding hydrogens is 422 g/mol. The molecule has 0 bridgehead atoms. The van der Waals surface area contributed by atoms with Gasteiger partial charge in [0.1, 0.15) is 11.5 Å². The summed E-state index contributed by atoms with van der Waals surface area (Å²) < 4.78 is 6.98. The van der Waals surface area contributed by atoms with Crippen molar-refractivity contribution in [2.75, 3.05) is 0 Å². The molecule has 0 amide bonds. The van der Waals surface area contributed by atoms with Crippen LogP contribution in [0.15, 0.2) is 34.1 Å². The van der Waals surface area contributed by atoms with Gasteiger partial charge in [0, 0.05) is 10.6 Å². The van der Waals surface area contributed by atoms with Gasteiger partial charge in [0.25, 0.3) is 0 Å². The number of hydrogen-bond donors (Lipinski definition) is 0. The van der Waals surface area contributed by atoms with Gasteiger partial charge >= 0.3 is 0 Å². The van der Waals surface area contributed by atoms with E-state index in [1.165, 1.54) is 68.7 Å². The molecule has 0 aromatic heterocycles. The molecule has 0 N–H and O–H groups in total. The summed E-state index contributed by atoms with van der Waals surface area (Å²) >= 11 is 1.96. The Kier molecular flexibility index (Phi) is 5.75. The maximum Gasteiger partial charge on any atom is 0.149 e. The van der Waals surface area contributed by atoms with Gasteiger partial charge in [0.2, 0.25) is 0 Å². The summed E-state index contributed by atoms with van der Waals surface area (Å²) in [5, 5.41) is 3.06. The summed E-state index contributed by atoms with van der Waals surface area (Å²) in [6, 6.07) is 9.60. The van der Waals surface area contributed by atoms with Gasteiger partial charge < -0.3 is 4.74 Å². The predicted molar refractivity (Wildman–Crippen MR) is 136 cm³/mol. The van der Waals surface area contributed by atoms with Crippen LogP contribution in [0.5, 0.6) is 11.5 Å². The van der Waals surface area contributed by atoms with E-state index in [2.05, 4.69) is 65.8 Å². The van der Waals surface area contributed by atoms with Crippen LogP contribution in [0.25, 0.3) is 0 Å². The highest BCUT2D eigenvalue weighted by Crippen LogP contribution is 2.61. The van der Waals surface area contributed by atoms with Crippen molar-refractivity contribution >= 4 is 38.2 Å². The Bertz CT molecular complexity index is 890. The molecule has 4 heteroatoms. The highest BCUT2D eigenvalue weighted by Gasteiger charge is 2.38. The quantitative estimate of drug-likeness (QED) is 0.362. The van der Waals surface area contributed by atoms with Crippen molar-refractivity contribution in [1.82, 2.24) is 0 Å². The summed E-state index contributed by atoms with van der Waals surface area (Å²) in [5.74, 6) is 2.40. The maximum atomic E-state index is 6.98. The number of rotatable bonds is 2. The van der Waals surface area contributed by atoms with Gasteiger partial charge in [-0.1, -0.05) is 55.3 Å². The first-order valence-electron chi connectivity index (χ1n) is 11.5. The van der Waals surface area contributed by atoms with Crippen LogP contribution in [0.3, 0.4) is 0 Å². The second kappa shape index (κ2) is 8.10. The number of ether oxygens (including phenoxy) is 1. The molecule has 0 spiro atoms. The molecule has 2 saturated heterocycles. The Balaban J connectivity index is 1.63. The highest BCUT2D eigenvalue weighted by atomic mass is 32.2. The van der Waals surface area contributed by atoms with E-state index in [1.54, 1.807) is 0 Å². The molecule has 160 valence electrons. The molecular formula is C26H34OP2S.